The minimum atomic E-state index is -0.822. The fourth-order valence-corrected chi connectivity index (χ4v) is 2.95. The highest BCUT2D eigenvalue weighted by atomic mass is 16.7. The summed E-state index contributed by atoms with van der Waals surface area (Å²) >= 11 is 0. The molecule has 0 saturated carbocycles. The van der Waals surface area contributed by atoms with Crippen LogP contribution in [0.5, 0.6) is 11.5 Å². The fraction of sp³-hybridized carbons (Fsp3) is 0.200. The number of methoxy groups -OCH3 is 2. The van der Waals surface area contributed by atoms with Gasteiger partial charge in [-0.2, -0.15) is 0 Å². The molecule has 0 saturated heterocycles. The topological polar surface area (TPSA) is 71.1 Å². The van der Waals surface area contributed by atoms with Gasteiger partial charge in [-0.25, -0.2) is 9.59 Å². The minimum Gasteiger partial charge on any atom is -0.437 e. The maximum atomic E-state index is 11.8. The fourth-order valence-electron chi connectivity index (χ4n) is 2.95. The van der Waals surface area contributed by atoms with Gasteiger partial charge in [0.2, 0.25) is 0 Å². The first kappa shape index (κ1) is 17.5. The first-order valence-corrected chi connectivity index (χ1v) is 7.93. The second kappa shape index (κ2) is 6.92. The highest BCUT2D eigenvalue weighted by molar-refractivity contribution is 6.13. The van der Waals surface area contributed by atoms with Crippen molar-refractivity contribution < 1.29 is 28.5 Å². The Morgan fingerprint density at radius 3 is 2.08 bits per heavy atom. The van der Waals surface area contributed by atoms with Gasteiger partial charge in [-0.3, -0.25) is 0 Å². The van der Waals surface area contributed by atoms with Crippen molar-refractivity contribution in [2.45, 2.75) is 13.8 Å². The average Bonchev–Trinajstić information content (AvgIpc) is 2.63. The van der Waals surface area contributed by atoms with Gasteiger partial charge in [-0.05, 0) is 25.5 Å². The molecule has 0 atom stereocenters. The molecule has 0 aliphatic carbocycles. The summed E-state index contributed by atoms with van der Waals surface area (Å²) in [7, 11) is 2.50. The molecule has 3 rings (SSSR count). The van der Waals surface area contributed by atoms with Crippen LogP contribution in [0.15, 0.2) is 36.4 Å². The highest BCUT2D eigenvalue weighted by Crippen LogP contribution is 2.44. The Bertz CT molecular complexity index is 1020. The second-order valence-electron chi connectivity index (χ2n) is 5.82. The molecule has 0 fully saturated rings. The molecule has 0 heterocycles. The number of aryl methyl sites for hydroxylation is 2. The standard InChI is InChI=1S/C20H18O6/c1-11-8-9-13-15(10-11)17(25-19(21)23-3)14-7-5-6-12(2)16(14)18(13)26-20(22)24-4/h5-10H,1-4H3. The number of benzene rings is 3. The molecule has 6 heteroatoms. The molecule has 3 aromatic rings. The maximum absolute atomic E-state index is 11.8. The summed E-state index contributed by atoms with van der Waals surface area (Å²) < 4.78 is 20.2. The summed E-state index contributed by atoms with van der Waals surface area (Å²) in [4.78, 5) is 23.6. The van der Waals surface area contributed by atoms with E-state index < -0.39 is 12.3 Å². The third kappa shape index (κ3) is 3.01. The number of rotatable bonds is 2. The van der Waals surface area contributed by atoms with Gasteiger partial charge >= 0.3 is 12.3 Å². The number of hydrogen-bond acceptors (Lipinski definition) is 6. The highest BCUT2D eigenvalue weighted by Gasteiger charge is 2.21. The van der Waals surface area contributed by atoms with Crippen LogP contribution in [0.4, 0.5) is 9.59 Å². The largest absolute Gasteiger partial charge is 0.513 e. The van der Waals surface area contributed by atoms with Crippen LogP contribution >= 0.6 is 0 Å². The van der Waals surface area contributed by atoms with E-state index in [1.54, 1.807) is 6.07 Å². The Labute approximate surface area is 150 Å². The van der Waals surface area contributed by atoms with Crippen LogP contribution in [-0.2, 0) is 9.47 Å². The maximum Gasteiger partial charge on any atom is 0.513 e. The van der Waals surface area contributed by atoms with Crippen LogP contribution in [0.2, 0.25) is 0 Å². The third-order valence-electron chi connectivity index (χ3n) is 4.11. The van der Waals surface area contributed by atoms with E-state index in [1.807, 2.05) is 44.2 Å². The predicted octanol–water partition coefficient (Wildman–Crippen LogP) is 4.90. The second-order valence-corrected chi connectivity index (χ2v) is 5.82. The molecule has 0 amide bonds. The monoisotopic (exact) mass is 354 g/mol. The van der Waals surface area contributed by atoms with Gasteiger partial charge in [0.15, 0.2) is 5.75 Å². The van der Waals surface area contributed by atoms with Crippen molar-refractivity contribution in [1.29, 1.82) is 0 Å². The summed E-state index contributed by atoms with van der Waals surface area (Å²) in [5, 5.41) is 2.55. The van der Waals surface area contributed by atoms with Crippen LogP contribution in [0, 0.1) is 13.8 Å². The van der Waals surface area contributed by atoms with Crippen molar-refractivity contribution in [2.75, 3.05) is 14.2 Å². The molecule has 6 nitrogen and oxygen atoms in total. The number of fused-ring (bicyclic) bond motifs is 2. The molecule has 0 aliphatic heterocycles. The van der Waals surface area contributed by atoms with E-state index in [0.29, 0.717) is 33.0 Å². The van der Waals surface area contributed by atoms with E-state index in [9.17, 15) is 9.59 Å². The van der Waals surface area contributed by atoms with Crippen LogP contribution in [-0.4, -0.2) is 26.5 Å². The van der Waals surface area contributed by atoms with Gasteiger partial charge in [-0.1, -0.05) is 35.9 Å². The van der Waals surface area contributed by atoms with E-state index >= 15 is 0 Å². The predicted molar refractivity (Wildman–Crippen MR) is 97.0 cm³/mol. The van der Waals surface area contributed by atoms with Crippen LogP contribution in [0.1, 0.15) is 11.1 Å². The van der Waals surface area contributed by atoms with E-state index in [2.05, 4.69) is 9.47 Å². The lowest BCUT2D eigenvalue weighted by atomic mass is 9.96. The van der Waals surface area contributed by atoms with Crippen molar-refractivity contribution in [3.63, 3.8) is 0 Å². The minimum absolute atomic E-state index is 0.353. The molecular weight excluding hydrogens is 336 g/mol. The Morgan fingerprint density at radius 1 is 0.769 bits per heavy atom. The smallest absolute Gasteiger partial charge is 0.437 e. The SMILES string of the molecule is COC(=O)Oc1c2cc(C)ccc2c(OC(=O)OC)c2c(C)cccc12. The van der Waals surface area contributed by atoms with Crippen molar-refractivity contribution in [1.82, 2.24) is 0 Å². The Balaban J connectivity index is 2.46. The average molecular weight is 354 g/mol. The summed E-state index contributed by atoms with van der Waals surface area (Å²) in [6.07, 6.45) is -1.64. The van der Waals surface area contributed by atoms with Crippen LogP contribution in [0.25, 0.3) is 21.5 Å². The molecule has 0 aromatic heterocycles. The zero-order valence-corrected chi connectivity index (χ0v) is 14.9. The Morgan fingerprint density at radius 2 is 1.42 bits per heavy atom. The third-order valence-corrected chi connectivity index (χ3v) is 4.11. The lowest BCUT2D eigenvalue weighted by molar-refractivity contribution is 0.120. The molecule has 134 valence electrons. The van der Waals surface area contributed by atoms with Gasteiger partial charge in [0, 0.05) is 21.5 Å². The van der Waals surface area contributed by atoms with Crippen molar-refractivity contribution >= 4 is 33.9 Å². The Kier molecular flexibility index (Phi) is 4.67. The first-order chi connectivity index (χ1) is 12.5. The molecular formula is C20H18O6. The normalized spacial score (nSPS) is 10.6. The van der Waals surface area contributed by atoms with Crippen LogP contribution < -0.4 is 9.47 Å². The van der Waals surface area contributed by atoms with Crippen molar-refractivity contribution in [3.8, 4) is 11.5 Å². The molecule has 0 radical (unpaired) electrons. The first-order valence-electron chi connectivity index (χ1n) is 7.93. The quantitative estimate of drug-likeness (QED) is 0.370. The van der Waals surface area contributed by atoms with E-state index in [1.165, 1.54) is 14.2 Å². The summed E-state index contributed by atoms with van der Waals surface area (Å²) in [5.74, 6) is 0.712. The molecule has 0 N–H and O–H groups in total. The number of carbonyl (C=O) groups is 2. The van der Waals surface area contributed by atoms with Gasteiger partial charge in [0.1, 0.15) is 5.75 Å². The van der Waals surface area contributed by atoms with Crippen LogP contribution in [0.3, 0.4) is 0 Å². The number of carbonyl (C=O) groups excluding carboxylic acids is 2. The number of ether oxygens (including phenoxy) is 4. The van der Waals surface area contributed by atoms with Crippen molar-refractivity contribution in [2.24, 2.45) is 0 Å². The van der Waals surface area contributed by atoms with Gasteiger partial charge < -0.3 is 18.9 Å². The van der Waals surface area contributed by atoms with Gasteiger partial charge in [-0.15, -0.1) is 0 Å². The summed E-state index contributed by atoms with van der Waals surface area (Å²) in [6.45, 7) is 3.80. The zero-order chi connectivity index (χ0) is 18.8. The molecule has 0 bridgehead atoms. The lowest BCUT2D eigenvalue weighted by Crippen LogP contribution is -2.11. The molecule has 26 heavy (non-hydrogen) atoms. The summed E-state index contributed by atoms with van der Waals surface area (Å²) in [6, 6.07) is 11.1. The molecule has 0 aliphatic rings. The van der Waals surface area contributed by atoms with Gasteiger partial charge in [0.05, 0.1) is 14.2 Å². The Hall–Kier alpha value is -3.28. The van der Waals surface area contributed by atoms with E-state index in [-0.39, 0.29) is 0 Å². The number of hydrogen-bond donors (Lipinski definition) is 0. The molecule has 3 aromatic carbocycles. The zero-order valence-electron chi connectivity index (χ0n) is 14.9. The molecule has 0 unspecified atom stereocenters. The molecule has 0 spiro atoms. The van der Waals surface area contributed by atoms with Gasteiger partial charge in [0.25, 0.3) is 0 Å². The lowest BCUT2D eigenvalue weighted by Gasteiger charge is -2.17. The van der Waals surface area contributed by atoms with Crippen molar-refractivity contribution in [3.05, 3.63) is 47.5 Å². The summed E-state index contributed by atoms with van der Waals surface area (Å²) in [5.41, 5.74) is 1.82. The van der Waals surface area contributed by atoms with E-state index in [0.717, 1.165) is 11.1 Å². The van der Waals surface area contributed by atoms with E-state index in [4.69, 9.17) is 9.47 Å².